The Morgan fingerprint density at radius 3 is 2.55 bits per heavy atom. The normalized spacial score (nSPS) is 14.3. The maximum absolute atomic E-state index is 6.16. The predicted molar refractivity (Wildman–Crippen MR) is 119 cm³/mol. The zero-order valence-electron chi connectivity index (χ0n) is 16.1. The van der Waals surface area contributed by atoms with E-state index in [1.54, 1.807) is 4.52 Å². The number of rotatable bonds is 4. The predicted octanol–water partition coefficient (Wildman–Crippen LogP) is 5.78. The number of piperidine rings is 1. The first-order valence-electron chi connectivity index (χ1n) is 9.99. The van der Waals surface area contributed by atoms with Gasteiger partial charge in [0, 0.05) is 41.2 Å². The van der Waals surface area contributed by atoms with Crippen LogP contribution in [-0.4, -0.2) is 27.7 Å². The van der Waals surface area contributed by atoms with Gasteiger partial charge < -0.3 is 10.2 Å². The number of halogens is 1. The van der Waals surface area contributed by atoms with Gasteiger partial charge >= 0.3 is 0 Å². The van der Waals surface area contributed by atoms with Crippen molar-refractivity contribution in [3.05, 3.63) is 72.0 Å². The van der Waals surface area contributed by atoms with Gasteiger partial charge in [0.05, 0.1) is 6.20 Å². The molecule has 0 atom stereocenters. The van der Waals surface area contributed by atoms with Crippen LogP contribution in [0.5, 0.6) is 0 Å². The van der Waals surface area contributed by atoms with Crippen LogP contribution >= 0.6 is 11.6 Å². The summed E-state index contributed by atoms with van der Waals surface area (Å²) in [6.07, 6.45) is 7.65. The number of aromatic nitrogens is 3. The second kappa shape index (κ2) is 7.76. The first-order chi connectivity index (χ1) is 14.3. The van der Waals surface area contributed by atoms with Crippen molar-refractivity contribution in [2.24, 2.45) is 0 Å². The largest absolute Gasteiger partial charge is 0.372 e. The molecule has 1 aliphatic heterocycles. The number of hydrogen-bond acceptors (Lipinski definition) is 4. The van der Waals surface area contributed by atoms with Crippen LogP contribution < -0.4 is 10.2 Å². The molecular formula is C23H22ClN5. The van der Waals surface area contributed by atoms with Crippen molar-refractivity contribution in [2.45, 2.75) is 19.3 Å². The van der Waals surface area contributed by atoms with Crippen molar-refractivity contribution < 1.29 is 0 Å². The molecule has 0 amide bonds. The number of anilines is 3. The Morgan fingerprint density at radius 1 is 0.931 bits per heavy atom. The Balaban J connectivity index is 1.40. The maximum Gasteiger partial charge on any atom is 0.165 e. The van der Waals surface area contributed by atoms with Crippen LogP contribution in [0.25, 0.3) is 16.8 Å². The van der Waals surface area contributed by atoms with E-state index in [0.29, 0.717) is 5.02 Å². The van der Waals surface area contributed by atoms with E-state index < -0.39 is 0 Å². The second-order valence-corrected chi connectivity index (χ2v) is 7.81. The molecule has 0 bridgehead atoms. The summed E-state index contributed by atoms with van der Waals surface area (Å²) in [6, 6.07) is 18.3. The molecule has 0 saturated carbocycles. The Kier molecular flexibility index (Phi) is 4.82. The van der Waals surface area contributed by atoms with Gasteiger partial charge in [-0.05, 0) is 67.3 Å². The van der Waals surface area contributed by atoms with E-state index in [1.807, 2.05) is 42.7 Å². The molecular weight excluding hydrogens is 382 g/mol. The van der Waals surface area contributed by atoms with Gasteiger partial charge in [0.15, 0.2) is 5.65 Å². The Bertz CT molecular complexity index is 1130. The van der Waals surface area contributed by atoms with Gasteiger partial charge in [-0.3, -0.25) is 0 Å². The summed E-state index contributed by atoms with van der Waals surface area (Å²) in [6.45, 7) is 2.30. The first-order valence-corrected chi connectivity index (χ1v) is 10.4. The Morgan fingerprint density at radius 2 is 1.76 bits per heavy atom. The molecule has 146 valence electrons. The molecule has 0 unspecified atom stereocenters. The lowest BCUT2D eigenvalue weighted by Crippen LogP contribution is -2.29. The third kappa shape index (κ3) is 3.78. The summed E-state index contributed by atoms with van der Waals surface area (Å²) < 4.78 is 1.78. The van der Waals surface area contributed by atoms with Crippen molar-refractivity contribution in [1.29, 1.82) is 0 Å². The molecule has 2 aromatic heterocycles. The molecule has 6 heteroatoms. The number of benzene rings is 2. The van der Waals surface area contributed by atoms with Crippen molar-refractivity contribution in [2.75, 3.05) is 23.3 Å². The Hall–Kier alpha value is -3.05. The summed E-state index contributed by atoms with van der Waals surface area (Å²) in [5.74, 6) is 0.784. The van der Waals surface area contributed by atoms with Gasteiger partial charge in [-0.1, -0.05) is 23.7 Å². The zero-order chi connectivity index (χ0) is 19.6. The summed E-state index contributed by atoms with van der Waals surface area (Å²) in [7, 11) is 0. The standard InChI is InChI=1S/C23H22ClN5/c24-18-6-4-5-17(15-18)21-16-25-29-14-11-22(27-23(21)29)26-19-7-9-20(10-8-19)28-12-2-1-3-13-28/h4-11,14-16H,1-3,12-13H2,(H,26,27). The highest BCUT2D eigenvalue weighted by Gasteiger charge is 2.12. The van der Waals surface area contributed by atoms with Crippen molar-refractivity contribution >= 4 is 34.4 Å². The van der Waals surface area contributed by atoms with Crippen LogP contribution in [-0.2, 0) is 0 Å². The minimum absolute atomic E-state index is 0.699. The number of nitrogens with one attached hydrogen (secondary N) is 1. The summed E-state index contributed by atoms with van der Waals surface area (Å²) in [4.78, 5) is 7.24. The first kappa shape index (κ1) is 18.0. The van der Waals surface area contributed by atoms with Crippen LogP contribution in [0.1, 0.15) is 19.3 Å². The van der Waals surface area contributed by atoms with Crippen LogP contribution in [0, 0.1) is 0 Å². The van der Waals surface area contributed by atoms with Crippen molar-refractivity contribution in [3.8, 4) is 11.1 Å². The highest BCUT2D eigenvalue weighted by molar-refractivity contribution is 6.30. The topological polar surface area (TPSA) is 45.5 Å². The molecule has 5 nitrogen and oxygen atoms in total. The van der Waals surface area contributed by atoms with Gasteiger partial charge in [-0.15, -0.1) is 0 Å². The van der Waals surface area contributed by atoms with Crippen LogP contribution in [0.3, 0.4) is 0 Å². The number of fused-ring (bicyclic) bond motifs is 1. The van der Waals surface area contributed by atoms with E-state index in [-0.39, 0.29) is 0 Å². The summed E-state index contributed by atoms with van der Waals surface area (Å²) in [5.41, 5.74) is 5.06. The summed E-state index contributed by atoms with van der Waals surface area (Å²) in [5, 5.41) is 8.52. The van der Waals surface area contributed by atoms with E-state index >= 15 is 0 Å². The fourth-order valence-electron chi connectivity index (χ4n) is 3.85. The lowest BCUT2D eigenvalue weighted by Gasteiger charge is -2.28. The molecule has 2 aromatic carbocycles. The van der Waals surface area contributed by atoms with E-state index in [2.05, 4.69) is 39.6 Å². The highest BCUT2D eigenvalue weighted by atomic mass is 35.5. The monoisotopic (exact) mass is 403 g/mol. The fraction of sp³-hybridized carbons (Fsp3) is 0.217. The fourth-order valence-corrected chi connectivity index (χ4v) is 4.04. The molecule has 1 saturated heterocycles. The van der Waals surface area contributed by atoms with Gasteiger partial charge in [-0.2, -0.15) is 5.10 Å². The molecule has 5 rings (SSSR count). The molecule has 4 aromatic rings. The smallest absolute Gasteiger partial charge is 0.165 e. The molecule has 1 fully saturated rings. The lowest BCUT2D eigenvalue weighted by molar-refractivity contribution is 0.578. The molecule has 0 aliphatic carbocycles. The van der Waals surface area contributed by atoms with E-state index in [4.69, 9.17) is 16.6 Å². The third-order valence-electron chi connectivity index (χ3n) is 5.37. The molecule has 1 N–H and O–H groups in total. The van der Waals surface area contributed by atoms with Crippen LogP contribution in [0.2, 0.25) is 5.02 Å². The Labute approximate surface area is 175 Å². The molecule has 0 radical (unpaired) electrons. The SMILES string of the molecule is Clc1cccc(-c2cnn3ccc(Nc4ccc(N5CCCCC5)cc4)nc23)c1. The lowest BCUT2D eigenvalue weighted by atomic mass is 10.1. The average molecular weight is 404 g/mol. The zero-order valence-corrected chi connectivity index (χ0v) is 16.8. The third-order valence-corrected chi connectivity index (χ3v) is 5.60. The van der Waals surface area contributed by atoms with Crippen LogP contribution in [0.15, 0.2) is 67.0 Å². The summed E-state index contributed by atoms with van der Waals surface area (Å²) >= 11 is 6.16. The average Bonchev–Trinajstić information content (AvgIpc) is 3.18. The van der Waals surface area contributed by atoms with E-state index in [9.17, 15) is 0 Å². The number of hydrogen-bond donors (Lipinski definition) is 1. The molecule has 0 spiro atoms. The minimum Gasteiger partial charge on any atom is -0.372 e. The molecule has 3 heterocycles. The van der Waals surface area contributed by atoms with Gasteiger partial charge in [0.1, 0.15) is 5.82 Å². The van der Waals surface area contributed by atoms with Gasteiger partial charge in [0.25, 0.3) is 0 Å². The number of nitrogens with zero attached hydrogens (tertiary/aromatic N) is 4. The highest BCUT2D eigenvalue weighted by Crippen LogP contribution is 2.27. The van der Waals surface area contributed by atoms with Crippen molar-refractivity contribution in [3.63, 3.8) is 0 Å². The maximum atomic E-state index is 6.16. The molecule has 29 heavy (non-hydrogen) atoms. The minimum atomic E-state index is 0.699. The van der Waals surface area contributed by atoms with Crippen molar-refractivity contribution in [1.82, 2.24) is 14.6 Å². The van der Waals surface area contributed by atoms with Crippen LogP contribution in [0.4, 0.5) is 17.2 Å². The van der Waals surface area contributed by atoms with E-state index in [0.717, 1.165) is 41.4 Å². The molecule has 1 aliphatic rings. The van der Waals surface area contributed by atoms with Gasteiger partial charge in [0.2, 0.25) is 0 Å². The second-order valence-electron chi connectivity index (χ2n) is 7.37. The van der Waals surface area contributed by atoms with Gasteiger partial charge in [-0.25, -0.2) is 9.50 Å². The van der Waals surface area contributed by atoms with E-state index in [1.165, 1.54) is 24.9 Å². The quantitative estimate of drug-likeness (QED) is 0.469.